The summed E-state index contributed by atoms with van der Waals surface area (Å²) in [5.74, 6) is 0.688. The van der Waals surface area contributed by atoms with Gasteiger partial charge in [-0.3, -0.25) is 0 Å². The zero-order valence-electron chi connectivity index (χ0n) is 8.69. The van der Waals surface area contributed by atoms with Crippen molar-refractivity contribution >= 4 is 15.9 Å². The molecule has 2 heteroatoms. The molecule has 1 unspecified atom stereocenters. The van der Waals surface area contributed by atoms with Crippen LogP contribution in [0.4, 0.5) is 0 Å². The van der Waals surface area contributed by atoms with Crippen molar-refractivity contribution in [3.63, 3.8) is 0 Å². The normalized spacial score (nSPS) is 14.8. The molecule has 0 amide bonds. The molecule has 0 heterocycles. The Hall–Kier alpha value is 0.440. The van der Waals surface area contributed by atoms with Crippen molar-refractivity contribution in [2.45, 2.75) is 46.1 Å². The highest BCUT2D eigenvalue weighted by atomic mass is 79.9. The number of halogens is 1. The Morgan fingerprint density at radius 2 is 2.00 bits per heavy atom. The first-order chi connectivity index (χ1) is 5.52. The van der Waals surface area contributed by atoms with Crippen molar-refractivity contribution in [2.75, 3.05) is 11.9 Å². The maximum absolute atomic E-state index is 5.75. The van der Waals surface area contributed by atoms with E-state index in [0.717, 1.165) is 11.9 Å². The van der Waals surface area contributed by atoms with Gasteiger partial charge in [-0.1, -0.05) is 36.2 Å². The maximum Gasteiger partial charge on any atom is 0.0723 e. The minimum atomic E-state index is -0.0119. The Kier molecular flexibility index (Phi) is 6.20. The summed E-state index contributed by atoms with van der Waals surface area (Å²) >= 11 is 3.44. The summed E-state index contributed by atoms with van der Waals surface area (Å²) in [5, 5.41) is 0.902. The summed E-state index contributed by atoms with van der Waals surface area (Å²) in [6.45, 7) is 9.56. The molecule has 1 atom stereocenters. The minimum Gasteiger partial charge on any atom is -0.374 e. The van der Waals surface area contributed by atoms with Gasteiger partial charge in [0.05, 0.1) is 5.60 Å². The van der Waals surface area contributed by atoms with Gasteiger partial charge in [0.25, 0.3) is 0 Å². The van der Waals surface area contributed by atoms with Gasteiger partial charge in [0.2, 0.25) is 0 Å². The van der Waals surface area contributed by atoms with Crippen molar-refractivity contribution in [3.05, 3.63) is 0 Å². The van der Waals surface area contributed by atoms with E-state index in [1.54, 1.807) is 0 Å². The van der Waals surface area contributed by atoms with Crippen LogP contribution in [0.25, 0.3) is 0 Å². The van der Waals surface area contributed by atoms with E-state index in [9.17, 15) is 0 Å². The fourth-order valence-corrected chi connectivity index (χ4v) is 1.14. The van der Waals surface area contributed by atoms with E-state index in [1.807, 2.05) is 0 Å². The third-order valence-electron chi connectivity index (χ3n) is 1.86. The highest BCUT2D eigenvalue weighted by molar-refractivity contribution is 9.09. The fourth-order valence-electron chi connectivity index (χ4n) is 0.983. The summed E-state index contributed by atoms with van der Waals surface area (Å²) in [4.78, 5) is 0. The van der Waals surface area contributed by atoms with Crippen LogP contribution in [-0.2, 0) is 4.74 Å². The Morgan fingerprint density at radius 3 is 2.42 bits per heavy atom. The van der Waals surface area contributed by atoms with E-state index in [-0.39, 0.29) is 5.60 Å². The first kappa shape index (κ1) is 12.4. The van der Waals surface area contributed by atoms with E-state index in [0.29, 0.717) is 5.92 Å². The average Bonchev–Trinajstić information content (AvgIpc) is 2.02. The predicted molar refractivity (Wildman–Crippen MR) is 57.9 cm³/mol. The second-order valence-corrected chi connectivity index (χ2v) is 4.66. The topological polar surface area (TPSA) is 9.23 Å². The third-order valence-corrected chi connectivity index (χ3v) is 3.21. The van der Waals surface area contributed by atoms with Gasteiger partial charge < -0.3 is 4.74 Å². The van der Waals surface area contributed by atoms with Crippen LogP contribution >= 0.6 is 15.9 Å². The van der Waals surface area contributed by atoms with Crippen molar-refractivity contribution in [1.29, 1.82) is 0 Å². The largest absolute Gasteiger partial charge is 0.374 e. The molecule has 0 spiro atoms. The molecule has 0 radical (unpaired) electrons. The van der Waals surface area contributed by atoms with Crippen LogP contribution in [-0.4, -0.2) is 17.5 Å². The molecule has 0 fully saturated rings. The average molecular weight is 237 g/mol. The summed E-state index contributed by atoms with van der Waals surface area (Å²) in [6.07, 6.45) is 2.51. The maximum atomic E-state index is 5.75. The molecular formula is C10H21BrO. The van der Waals surface area contributed by atoms with Gasteiger partial charge in [-0.05, 0) is 26.2 Å². The molecule has 12 heavy (non-hydrogen) atoms. The Balaban J connectivity index is 3.52. The van der Waals surface area contributed by atoms with Crippen LogP contribution in [0.15, 0.2) is 0 Å². The lowest BCUT2D eigenvalue weighted by molar-refractivity contribution is -0.0164. The van der Waals surface area contributed by atoms with Gasteiger partial charge in [0, 0.05) is 11.9 Å². The molecule has 1 nitrogen and oxygen atoms in total. The van der Waals surface area contributed by atoms with Crippen molar-refractivity contribution in [1.82, 2.24) is 0 Å². The lowest BCUT2D eigenvalue weighted by atomic mass is 10.1. The molecule has 0 N–H and O–H groups in total. The zero-order valence-corrected chi connectivity index (χ0v) is 10.3. The van der Waals surface area contributed by atoms with Gasteiger partial charge in [0.1, 0.15) is 0 Å². The highest BCUT2D eigenvalue weighted by Gasteiger charge is 2.17. The number of ether oxygens (including phenoxy) is 1. The van der Waals surface area contributed by atoms with Crippen LogP contribution < -0.4 is 0 Å². The molecule has 0 rings (SSSR count). The van der Waals surface area contributed by atoms with Crippen molar-refractivity contribution in [3.8, 4) is 0 Å². The van der Waals surface area contributed by atoms with Crippen LogP contribution in [0.5, 0.6) is 0 Å². The molecule has 74 valence electrons. The molecule has 0 aromatic rings. The standard InChI is InChI=1S/C10H21BrO/c1-5-6-9(2)7-12-10(3,4)8-11/h9H,5-8H2,1-4H3. The minimum absolute atomic E-state index is 0.0119. The van der Waals surface area contributed by atoms with E-state index >= 15 is 0 Å². The van der Waals surface area contributed by atoms with Gasteiger partial charge >= 0.3 is 0 Å². The summed E-state index contributed by atoms with van der Waals surface area (Å²) in [6, 6.07) is 0. The molecule has 0 aromatic carbocycles. The number of hydrogen-bond acceptors (Lipinski definition) is 1. The first-order valence-electron chi connectivity index (χ1n) is 4.71. The lowest BCUT2D eigenvalue weighted by Gasteiger charge is -2.24. The second-order valence-electron chi connectivity index (χ2n) is 4.10. The van der Waals surface area contributed by atoms with E-state index in [2.05, 4.69) is 43.6 Å². The molecule has 0 aliphatic rings. The molecular weight excluding hydrogens is 216 g/mol. The Labute approximate surface area is 85.0 Å². The third kappa shape index (κ3) is 6.01. The molecule has 0 saturated heterocycles. The Bertz CT molecular complexity index is 112. The molecule has 0 aromatic heterocycles. The lowest BCUT2D eigenvalue weighted by Crippen LogP contribution is -2.28. The van der Waals surface area contributed by atoms with Crippen molar-refractivity contribution < 1.29 is 4.74 Å². The van der Waals surface area contributed by atoms with Crippen molar-refractivity contribution in [2.24, 2.45) is 5.92 Å². The zero-order chi connectivity index (χ0) is 9.61. The number of rotatable bonds is 6. The van der Waals surface area contributed by atoms with Gasteiger partial charge in [-0.2, -0.15) is 0 Å². The summed E-state index contributed by atoms with van der Waals surface area (Å²) in [5.41, 5.74) is -0.0119. The van der Waals surface area contributed by atoms with E-state index < -0.39 is 0 Å². The van der Waals surface area contributed by atoms with Crippen LogP contribution in [0, 0.1) is 5.92 Å². The fraction of sp³-hybridized carbons (Fsp3) is 1.00. The SMILES string of the molecule is CCCC(C)COC(C)(C)CBr. The molecule has 0 saturated carbocycles. The molecule has 0 aliphatic heterocycles. The Morgan fingerprint density at radius 1 is 1.42 bits per heavy atom. The summed E-state index contributed by atoms with van der Waals surface area (Å²) < 4.78 is 5.75. The molecule has 0 aliphatic carbocycles. The highest BCUT2D eigenvalue weighted by Crippen LogP contribution is 2.15. The number of alkyl halides is 1. The van der Waals surface area contributed by atoms with Crippen LogP contribution in [0.3, 0.4) is 0 Å². The first-order valence-corrected chi connectivity index (χ1v) is 5.84. The van der Waals surface area contributed by atoms with Gasteiger partial charge in [-0.15, -0.1) is 0 Å². The quantitative estimate of drug-likeness (QED) is 0.641. The number of hydrogen-bond donors (Lipinski definition) is 0. The van der Waals surface area contributed by atoms with E-state index in [4.69, 9.17) is 4.74 Å². The second kappa shape index (κ2) is 5.98. The van der Waals surface area contributed by atoms with Crippen LogP contribution in [0.1, 0.15) is 40.5 Å². The predicted octanol–water partition coefficient (Wildman–Crippen LogP) is 3.61. The van der Waals surface area contributed by atoms with E-state index in [1.165, 1.54) is 12.8 Å². The van der Waals surface area contributed by atoms with Gasteiger partial charge in [0.15, 0.2) is 0 Å². The molecule has 0 bridgehead atoms. The van der Waals surface area contributed by atoms with Crippen LogP contribution in [0.2, 0.25) is 0 Å². The van der Waals surface area contributed by atoms with Gasteiger partial charge in [-0.25, -0.2) is 0 Å². The monoisotopic (exact) mass is 236 g/mol. The summed E-state index contributed by atoms with van der Waals surface area (Å²) in [7, 11) is 0. The smallest absolute Gasteiger partial charge is 0.0723 e.